The van der Waals surface area contributed by atoms with Gasteiger partial charge in [-0.2, -0.15) is 0 Å². The molecule has 79 heavy (non-hydrogen) atoms. The first-order valence-corrected chi connectivity index (χ1v) is 28.9. The smallest absolute Gasteiger partial charge is 0.317 e. The second-order valence-electron chi connectivity index (χ2n) is 23.4. The lowest BCUT2D eigenvalue weighted by Gasteiger charge is -2.46. The molecule has 20 heteroatoms. The third-order valence-electron chi connectivity index (χ3n) is 16.4. The van der Waals surface area contributed by atoms with E-state index in [-0.39, 0.29) is 56.8 Å². The number of esters is 3. The molecule has 22 unspecified atom stereocenters. The molecule has 4 rings (SSSR count). The zero-order chi connectivity index (χ0) is 59.1. The van der Waals surface area contributed by atoms with Crippen LogP contribution in [0, 0.1) is 47.3 Å². The Bertz CT molecular complexity index is 1970. The molecule has 22 atom stereocenters. The average Bonchev–Trinajstić information content (AvgIpc) is 3.42. The number of guanidine groups is 1. The van der Waals surface area contributed by atoms with Gasteiger partial charge in [0.2, 0.25) is 5.79 Å². The van der Waals surface area contributed by atoms with Crippen molar-refractivity contribution in [3.05, 3.63) is 48.6 Å². The van der Waals surface area contributed by atoms with E-state index in [1.54, 1.807) is 59.9 Å². The maximum absolute atomic E-state index is 13.8. The van der Waals surface area contributed by atoms with Crippen LogP contribution >= 0.6 is 0 Å². The molecule has 13 N–H and O–H groups in total. The fraction of sp³-hybridized carbons (Fsp3) is 0.797. The van der Waals surface area contributed by atoms with Crippen molar-refractivity contribution in [1.29, 1.82) is 0 Å². The molecular weight excluding hydrogens is 1020 g/mol. The van der Waals surface area contributed by atoms with Crippen LogP contribution in [0.15, 0.2) is 53.6 Å². The quantitative estimate of drug-likeness (QED) is 0.0266. The summed E-state index contributed by atoms with van der Waals surface area (Å²) < 4.78 is 23.3. The van der Waals surface area contributed by atoms with Gasteiger partial charge in [-0.3, -0.25) is 19.4 Å². The summed E-state index contributed by atoms with van der Waals surface area (Å²) in [5, 5.41) is 116. The number of fused-ring (bicyclic) bond motifs is 5. The Morgan fingerprint density at radius 3 is 2.03 bits per heavy atom. The van der Waals surface area contributed by atoms with Crippen LogP contribution in [0.1, 0.15) is 152 Å². The number of unbranched alkanes of at least 4 members (excludes halogenated alkanes) is 2. The Balaban J connectivity index is 1.88. The van der Waals surface area contributed by atoms with E-state index in [2.05, 4.69) is 29.4 Å². The summed E-state index contributed by atoms with van der Waals surface area (Å²) in [6, 6.07) is 0. The molecule has 4 aliphatic rings. The van der Waals surface area contributed by atoms with E-state index in [9.17, 15) is 65.4 Å². The Kier molecular flexibility index (Phi) is 30.4. The van der Waals surface area contributed by atoms with Crippen LogP contribution in [0.25, 0.3) is 0 Å². The van der Waals surface area contributed by atoms with Crippen LogP contribution in [-0.2, 0) is 33.3 Å². The van der Waals surface area contributed by atoms with Crippen LogP contribution in [0.3, 0.4) is 0 Å². The van der Waals surface area contributed by atoms with Crippen LogP contribution < -0.4 is 11.1 Å². The van der Waals surface area contributed by atoms with Crippen molar-refractivity contribution in [3.63, 3.8) is 0 Å². The van der Waals surface area contributed by atoms with E-state index in [1.165, 1.54) is 12.2 Å². The number of carbonyl (C=O) groups is 3. The number of aliphatic hydroxyl groups excluding tert-OH is 9. The van der Waals surface area contributed by atoms with E-state index in [1.807, 2.05) is 19.9 Å². The number of nitrogens with one attached hydrogen (secondary N) is 1. The number of ether oxygens (including phenoxy) is 4. The highest BCUT2D eigenvalue weighted by molar-refractivity contribution is 5.91. The molecule has 3 saturated heterocycles. The van der Waals surface area contributed by atoms with Crippen molar-refractivity contribution in [2.75, 3.05) is 13.6 Å². The maximum Gasteiger partial charge on any atom is 0.317 e. The highest BCUT2D eigenvalue weighted by atomic mass is 16.7. The number of hydrogen-bond acceptors (Lipinski definition) is 18. The molecule has 0 aliphatic carbocycles. The standard InChI is InChI=1S/C59H101N3O17/c1-34(18-14-12-10-11-13-17-25-62-58(60)61-9)26-38(5)55-37(4)19-15-16-20-45(64)39(6)49(68)28-42(63)27-43-29-44-30-51(70)56(77-54(73)32-53(72)76-43)59(75,79-44)33-52(71)36(3)22-23-46(65)40(7)50(69)31-48(67)35(2)21-24-47(66)41(8)57(74)78-55/h10-11,15-16,19-21,24,34-52,55-56,63-71,75H,12-14,17-18,22-23,25-33H2,1-9H3,(H3,60,61,62). The highest BCUT2D eigenvalue weighted by Gasteiger charge is 2.53. The first-order chi connectivity index (χ1) is 37.1. The number of cyclic esters (lactones) is 1. The summed E-state index contributed by atoms with van der Waals surface area (Å²) in [6.07, 6.45) is 1.73. The lowest BCUT2D eigenvalue weighted by molar-refractivity contribution is -0.335. The maximum atomic E-state index is 13.8. The lowest BCUT2D eigenvalue weighted by Crippen LogP contribution is -2.61. The van der Waals surface area contributed by atoms with Gasteiger partial charge in [-0.1, -0.05) is 103 Å². The van der Waals surface area contributed by atoms with Gasteiger partial charge in [-0.05, 0) is 76.0 Å². The lowest BCUT2D eigenvalue weighted by atomic mass is 9.83. The van der Waals surface area contributed by atoms with Gasteiger partial charge >= 0.3 is 17.9 Å². The molecule has 4 bridgehead atoms. The molecule has 20 nitrogen and oxygen atoms in total. The molecule has 4 aliphatic heterocycles. The molecule has 4 heterocycles. The number of nitrogens with two attached hydrogens (primary N) is 1. The predicted octanol–water partition coefficient (Wildman–Crippen LogP) is 3.78. The van der Waals surface area contributed by atoms with Gasteiger partial charge in [-0.25, -0.2) is 0 Å². The summed E-state index contributed by atoms with van der Waals surface area (Å²) >= 11 is 0. The number of nitrogens with zero attached hydrogens (tertiary/aromatic N) is 1. The van der Waals surface area contributed by atoms with Gasteiger partial charge in [0.05, 0.1) is 67.0 Å². The van der Waals surface area contributed by atoms with Gasteiger partial charge < -0.3 is 81.1 Å². The minimum Gasteiger partial charge on any atom is -0.462 e. The summed E-state index contributed by atoms with van der Waals surface area (Å²) in [7, 11) is 1.64. The zero-order valence-corrected chi connectivity index (χ0v) is 48.4. The third kappa shape index (κ3) is 23.9. The molecule has 3 fully saturated rings. The Morgan fingerprint density at radius 1 is 0.696 bits per heavy atom. The van der Waals surface area contributed by atoms with Gasteiger partial charge in [-0.15, -0.1) is 0 Å². The fourth-order valence-corrected chi connectivity index (χ4v) is 10.7. The number of hydrogen-bond donors (Lipinski definition) is 12. The van der Waals surface area contributed by atoms with Crippen LogP contribution in [0.5, 0.6) is 0 Å². The molecule has 0 spiro atoms. The molecule has 0 aromatic carbocycles. The fourth-order valence-electron chi connectivity index (χ4n) is 10.7. The highest BCUT2D eigenvalue weighted by Crippen LogP contribution is 2.39. The zero-order valence-electron chi connectivity index (χ0n) is 48.4. The minimum atomic E-state index is -2.44. The van der Waals surface area contributed by atoms with Crippen molar-refractivity contribution >= 4 is 23.9 Å². The van der Waals surface area contributed by atoms with Crippen molar-refractivity contribution in [1.82, 2.24) is 5.32 Å². The normalized spacial score (nSPS) is 39.1. The first-order valence-electron chi connectivity index (χ1n) is 28.9. The second-order valence-corrected chi connectivity index (χ2v) is 23.4. The number of aliphatic imine (C=N–C) groups is 1. The Labute approximate surface area is 469 Å². The molecule has 0 aromatic heterocycles. The van der Waals surface area contributed by atoms with E-state index >= 15 is 0 Å². The summed E-state index contributed by atoms with van der Waals surface area (Å²) in [6.45, 7) is 15.0. The molecule has 0 aromatic rings. The number of carbonyl (C=O) groups excluding carboxylic acids is 3. The summed E-state index contributed by atoms with van der Waals surface area (Å²) in [5.74, 6) is -8.61. The van der Waals surface area contributed by atoms with E-state index < -0.39 is 145 Å². The molecule has 454 valence electrons. The van der Waals surface area contributed by atoms with Crippen LogP contribution in [0.2, 0.25) is 0 Å². The number of aliphatic hydroxyl groups is 10. The Morgan fingerprint density at radius 2 is 1.34 bits per heavy atom. The number of allylic oxidation sites excluding steroid dienone is 4. The largest absolute Gasteiger partial charge is 0.462 e. The van der Waals surface area contributed by atoms with Crippen LogP contribution in [0.4, 0.5) is 0 Å². The molecule has 0 saturated carbocycles. The van der Waals surface area contributed by atoms with E-state index in [4.69, 9.17) is 24.7 Å². The monoisotopic (exact) mass is 1120 g/mol. The summed E-state index contributed by atoms with van der Waals surface area (Å²) in [5.41, 5.74) is 5.69. The topological polar surface area (TPSA) is 341 Å². The third-order valence-corrected chi connectivity index (χ3v) is 16.4. The van der Waals surface area contributed by atoms with Gasteiger partial charge in [0, 0.05) is 69.4 Å². The SMILES string of the molecule is CN=C(N)NCCCC=CCCCC(C)CC(C)C1OC(=O)C(C)C(O)C=CC(C)C(O)CC(O)C(C)C(O)CCC(C)C(O)CC2(O)OC3CC(CC(O)CC(O)C(C)C(O)C=CC=CC1C)OC(=O)CC(=O)OC2C(O)C3. The average molecular weight is 1120 g/mol. The first kappa shape index (κ1) is 69.5. The second kappa shape index (κ2) is 34.6. The molecule has 0 amide bonds. The predicted molar refractivity (Wildman–Crippen MR) is 298 cm³/mol. The van der Waals surface area contributed by atoms with Crippen molar-refractivity contribution in [2.24, 2.45) is 58.1 Å². The van der Waals surface area contributed by atoms with Crippen LogP contribution in [-0.4, -0.2) is 174 Å². The Hall–Kier alpha value is -3.80. The van der Waals surface area contributed by atoms with Crippen molar-refractivity contribution < 1.29 is 84.4 Å². The summed E-state index contributed by atoms with van der Waals surface area (Å²) in [4.78, 5) is 43.7. The van der Waals surface area contributed by atoms with Gasteiger partial charge in [0.1, 0.15) is 18.6 Å². The van der Waals surface area contributed by atoms with E-state index in [0.717, 1.165) is 45.1 Å². The molecular formula is C59H101N3O17. The van der Waals surface area contributed by atoms with Crippen molar-refractivity contribution in [2.45, 2.75) is 237 Å². The van der Waals surface area contributed by atoms with E-state index in [0.29, 0.717) is 11.9 Å². The van der Waals surface area contributed by atoms with Gasteiger partial charge in [0.25, 0.3) is 0 Å². The van der Waals surface area contributed by atoms with Crippen molar-refractivity contribution in [3.8, 4) is 0 Å². The molecule has 0 radical (unpaired) electrons. The van der Waals surface area contributed by atoms with Gasteiger partial charge in [0.15, 0.2) is 12.1 Å². The minimum absolute atomic E-state index is 0.0931. The number of rotatable bonds is 11.